The number of nitrogens with zero attached hydrogens (tertiary/aromatic N) is 2. The van der Waals surface area contributed by atoms with Crippen LogP contribution in [0.2, 0.25) is 0 Å². The summed E-state index contributed by atoms with van der Waals surface area (Å²) >= 11 is 3.58. The van der Waals surface area contributed by atoms with Crippen molar-refractivity contribution in [1.82, 2.24) is 15.5 Å². The normalized spacial score (nSPS) is 15.5. The van der Waals surface area contributed by atoms with Gasteiger partial charge in [0.05, 0.1) is 6.54 Å². The summed E-state index contributed by atoms with van der Waals surface area (Å²) in [6.07, 6.45) is 2.02. The second-order valence-electron chi connectivity index (χ2n) is 6.63. The summed E-state index contributed by atoms with van der Waals surface area (Å²) in [5.41, 5.74) is 1.29. The van der Waals surface area contributed by atoms with Crippen molar-refractivity contribution >= 4 is 34.5 Å². The van der Waals surface area contributed by atoms with Gasteiger partial charge < -0.3 is 15.5 Å². The number of hydrogen-bond acceptors (Lipinski definition) is 4. The molecule has 7 heteroatoms. The van der Waals surface area contributed by atoms with E-state index in [4.69, 9.17) is 0 Å². The van der Waals surface area contributed by atoms with Gasteiger partial charge in [0.25, 0.3) is 0 Å². The van der Waals surface area contributed by atoms with Gasteiger partial charge in [-0.3, -0.25) is 9.79 Å². The van der Waals surface area contributed by atoms with Crippen LogP contribution in [-0.2, 0) is 24.2 Å². The first-order valence-electron chi connectivity index (χ1n) is 8.95. The van der Waals surface area contributed by atoms with Gasteiger partial charge in [-0.05, 0) is 47.2 Å². The lowest BCUT2D eigenvalue weighted by Gasteiger charge is -2.27. The molecule has 2 aromatic rings. The Morgan fingerprint density at radius 3 is 2.96 bits per heavy atom. The molecule has 0 spiro atoms. The highest BCUT2D eigenvalue weighted by molar-refractivity contribution is 7.10. The van der Waals surface area contributed by atoms with E-state index in [0.29, 0.717) is 11.9 Å². The molecule has 1 aliphatic heterocycles. The third-order valence-electron chi connectivity index (χ3n) is 4.54. The maximum absolute atomic E-state index is 12.5. The zero-order chi connectivity index (χ0) is 18.4. The molecule has 5 nitrogen and oxygen atoms in total. The van der Waals surface area contributed by atoms with Crippen LogP contribution in [0.1, 0.15) is 22.2 Å². The van der Waals surface area contributed by atoms with Gasteiger partial charge in [-0.2, -0.15) is 0 Å². The maximum Gasteiger partial charge on any atom is 0.242 e. The Balaban J connectivity index is 1.40. The zero-order valence-corrected chi connectivity index (χ0v) is 17.0. The van der Waals surface area contributed by atoms with Crippen LogP contribution in [0.5, 0.6) is 0 Å². The molecular formula is C19H26N4OS2. The fourth-order valence-electron chi connectivity index (χ4n) is 3.07. The minimum absolute atomic E-state index is 0.122. The third kappa shape index (κ3) is 5.08. The second-order valence-corrected chi connectivity index (χ2v) is 8.66. The van der Waals surface area contributed by atoms with Crippen molar-refractivity contribution in [2.45, 2.75) is 26.3 Å². The van der Waals surface area contributed by atoms with E-state index in [-0.39, 0.29) is 12.5 Å². The van der Waals surface area contributed by atoms with Gasteiger partial charge in [0.1, 0.15) is 0 Å². The van der Waals surface area contributed by atoms with Gasteiger partial charge in [0.15, 0.2) is 5.96 Å². The van der Waals surface area contributed by atoms with E-state index in [9.17, 15) is 4.79 Å². The number of fused-ring (bicyclic) bond motifs is 1. The van der Waals surface area contributed by atoms with Crippen molar-refractivity contribution in [3.05, 3.63) is 44.3 Å². The average molecular weight is 391 g/mol. The number of amides is 1. The number of guanidine groups is 1. The molecule has 1 unspecified atom stereocenters. The molecule has 0 saturated carbocycles. The van der Waals surface area contributed by atoms with Gasteiger partial charge in [0, 0.05) is 36.4 Å². The molecule has 140 valence electrons. The van der Waals surface area contributed by atoms with E-state index in [1.165, 1.54) is 15.3 Å². The summed E-state index contributed by atoms with van der Waals surface area (Å²) in [6.45, 7) is 4.85. The number of carbonyl (C=O) groups excluding carboxylic acids is 1. The Morgan fingerprint density at radius 2 is 2.19 bits per heavy atom. The molecule has 0 aromatic carbocycles. The Bertz CT molecular complexity index is 739. The van der Waals surface area contributed by atoms with E-state index in [0.717, 1.165) is 32.5 Å². The highest BCUT2D eigenvalue weighted by atomic mass is 32.1. The molecule has 0 saturated heterocycles. The number of aliphatic imine (C=N–C) groups is 1. The highest BCUT2D eigenvalue weighted by Gasteiger charge is 2.21. The van der Waals surface area contributed by atoms with Crippen LogP contribution in [0.15, 0.2) is 34.0 Å². The summed E-state index contributed by atoms with van der Waals surface area (Å²) in [7, 11) is 1.74. The SMILES string of the molecule is CN=C(NCC(=O)N1CCc2sccc2C1)NCC(C)Cc1cccs1. The Hall–Kier alpha value is -1.86. The fraction of sp³-hybridized carbons (Fsp3) is 0.474. The van der Waals surface area contributed by atoms with Crippen LogP contribution in [0.3, 0.4) is 0 Å². The Kier molecular flexibility index (Phi) is 6.68. The second kappa shape index (κ2) is 9.19. The summed E-state index contributed by atoms with van der Waals surface area (Å²) in [5, 5.41) is 10.7. The van der Waals surface area contributed by atoms with Crippen molar-refractivity contribution in [2.24, 2.45) is 10.9 Å². The predicted octanol–water partition coefficient (Wildman–Crippen LogP) is 2.74. The topological polar surface area (TPSA) is 56.7 Å². The molecular weight excluding hydrogens is 364 g/mol. The van der Waals surface area contributed by atoms with Gasteiger partial charge in [-0.25, -0.2) is 0 Å². The first-order chi connectivity index (χ1) is 12.7. The quantitative estimate of drug-likeness (QED) is 0.589. The number of thiophene rings is 2. The molecule has 1 amide bonds. The van der Waals surface area contributed by atoms with Gasteiger partial charge in [-0.1, -0.05) is 13.0 Å². The number of nitrogens with one attached hydrogen (secondary N) is 2. The largest absolute Gasteiger partial charge is 0.356 e. The minimum atomic E-state index is 0.122. The summed E-state index contributed by atoms with van der Waals surface area (Å²) in [5.74, 6) is 1.31. The van der Waals surface area contributed by atoms with Crippen molar-refractivity contribution in [2.75, 3.05) is 26.7 Å². The number of rotatable bonds is 6. The van der Waals surface area contributed by atoms with Crippen molar-refractivity contribution in [3.8, 4) is 0 Å². The van der Waals surface area contributed by atoms with E-state index >= 15 is 0 Å². The van der Waals surface area contributed by atoms with Gasteiger partial charge in [0.2, 0.25) is 5.91 Å². The van der Waals surface area contributed by atoms with Crippen LogP contribution in [0.4, 0.5) is 0 Å². The lowest BCUT2D eigenvalue weighted by atomic mass is 10.1. The molecule has 0 fully saturated rings. The average Bonchev–Trinajstić information content (AvgIpc) is 3.32. The van der Waals surface area contributed by atoms with Crippen LogP contribution in [0, 0.1) is 5.92 Å². The molecule has 0 radical (unpaired) electrons. The van der Waals surface area contributed by atoms with Crippen LogP contribution in [0.25, 0.3) is 0 Å². The first-order valence-corrected chi connectivity index (χ1v) is 10.7. The van der Waals surface area contributed by atoms with E-state index < -0.39 is 0 Å². The van der Waals surface area contributed by atoms with E-state index in [1.54, 1.807) is 29.7 Å². The highest BCUT2D eigenvalue weighted by Crippen LogP contribution is 2.23. The van der Waals surface area contributed by atoms with Crippen molar-refractivity contribution in [1.29, 1.82) is 0 Å². The smallest absolute Gasteiger partial charge is 0.242 e. The van der Waals surface area contributed by atoms with E-state index in [2.05, 4.69) is 51.5 Å². The first kappa shape index (κ1) is 18.9. The van der Waals surface area contributed by atoms with E-state index in [1.807, 2.05) is 4.90 Å². The lowest BCUT2D eigenvalue weighted by Crippen LogP contribution is -2.46. The number of hydrogen-bond donors (Lipinski definition) is 2. The summed E-state index contributed by atoms with van der Waals surface area (Å²) in [6, 6.07) is 6.39. The zero-order valence-electron chi connectivity index (χ0n) is 15.3. The monoisotopic (exact) mass is 390 g/mol. The molecule has 2 aromatic heterocycles. The van der Waals surface area contributed by atoms with Gasteiger partial charge >= 0.3 is 0 Å². The summed E-state index contributed by atoms with van der Waals surface area (Å²) in [4.78, 5) is 21.5. The standard InChI is InChI=1S/C19H26N4OS2/c1-14(10-16-4-3-8-25-16)11-21-19(20-2)22-12-18(24)23-7-5-17-15(13-23)6-9-26-17/h3-4,6,8-9,14H,5,7,10-13H2,1-2H3,(H2,20,21,22). The predicted molar refractivity (Wildman–Crippen MR) is 110 cm³/mol. The Labute approximate surface area is 163 Å². The van der Waals surface area contributed by atoms with Crippen LogP contribution in [-0.4, -0.2) is 43.4 Å². The number of carbonyl (C=O) groups is 1. The molecule has 0 aliphatic carbocycles. The third-order valence-corrected chi connectivity index (χ3v) is 6.46. The molecule has 3 heterocycles. The Morgan fingerprint density at radius 1 is 1.31 bits per heavy atom. The minimum Gasteiger partial charge on any atom is -0.356 e. The van der Waals surface area contributed by atoms with Crippen molar-refractivity contribution < 1.29 is 4.79 Å². The lowest BCUT2D eigenvalue weighted by molar-refractivity contribution is -0.130. The molecule has 0 bridgehead atoms. The maximum atomic E-state index is 12.5. The summed E-state index contributed by atoms with van der Waals surface area (Å²) < 4.78 is 0. The molecule has 26 heavy (non-hydrogen) atoms. The fourth-order valence-corrected chi connectivity index (χ4v) is 4.83. The van der Waals surface area contributed by atoms with Crippen molar-refractivity contribution in [3.63, 3.8) is 0 Å². The molecule has 1 atom stereocenters. The molecule has 3 rings (SSSR count). The molecule has 2 N–H and O–H groups in total. The van der Waals surface area contributed by atoms with Crippen LogP contribution >= 0.6 is 22.7 Å². The van der Waals surface area contributed by atoms with Crippen LogP contribution < -0.4 is 10.6 Å². The molecule has 1 aliphatic rings. The van der Waals surface area contributed by atoms with Gasteiger partial charge in [-0.15, -0.1) is 22.7 Å².